The molecule has 0 bridgehead atoms. The van der Waals surface area contributed by atoms with E-state index >= 15 is 0 Å². The average molecular weight is 429 g/mol. The minimum Gasteiger partial charge on any atom is -0.336 e. The van der Waals surface area contributed by atoms with Crippen molar-refractivity contribution in [2.24, 2.45) is 7.05 Å². The summed E-state index contributed by atoms with van der Waals surface area (Å²) in [6.45, 7) is 2.21. The molecule has 3 aromatic rings. The molecule has 1 amide bonds. The molecule has 1 aliphatic rings. The third-order valence-corrected chi connectivity index (χ3v) is 6.09. The summed E-state index contributed by atoms with van der Waals surface area (Å²) < 4.78 is 1.99. The summed E-state index contributed by atoms with van der Waals surface area (Å²) in [5.74, 6) is 1.90. The molecule has 0 aliphatic carbocycles. The summed E-state index contributed by atoms with van der Waals surface area (Å²) in [6, 6.07) is 18.3. The molecule has 4 rings (SSSR count). The highest BCUT2D eigenvalue weighted by molar-refractivity contribution is 7.98. The van der Waals surface area contributed by atoms with Crippen molar-refractivity contribution in [2.75, 3.05) is 19.6 Å². The molecule has 1 unspecified atom stereocenters. The lowest BCUT2D eigenvalue weighted by Crippen LogP contribution is -2.49. The number of amides is 1. The molecule has 1 saturated heterocycles. The smallest absolute Gasteiger partial charge is 0.254 e. The largest absolute Gasteiger partial charge is 0.336 e. The van der Waals surface area contributed by atoms with E-state index < -0.39 is 0 Å². The molecule has 2 heterocycles. The first-order chi connectivity index (χ1) is 13.7. The number of hydrogen-bond acceptors (Lipinski definition) is 4. The van der Waals surface area contributed by atoms with E-state index in [1.165, 1.54) is 10.5 Å². The first-order valence-electron chi connectivity index (χ1n) is 9.48. The van der Waals surface area contributed by atoms with E-state index in [0.29, 0.717) is 6.54 Å². The second kappa shape index (κ2) is 9.96. The van der Waals surface area contributed by atoms with Gasteiger partial charge >= 0.3 is 0 Å². The van der Waals surface area contributed by atoms with Crippen LogP contribution in [0.25, 0.3) is 0 Å². The number of aryl methyl sites for hydroxylation is 1. The van der Waals surface area contributed by atoms with E-state index in [0.717, 1.165) is 30.2 Å². The predicted octanol–water partition coefficient (Wildman–Crippen LogP) is 3.92. The van der Waals surface area contributed by atoms with E-state index in [1.54, 1.807) is 18.0 Å². The third-order valence-electron chi connectivity index (χ3n) is 5.01. The fourth-order valence-electron chi connectivity index (χ4n) is 3.48. The van der Waals surface area contributed by atoms with Gasteiger partial charge in [-0.15, -0.1) is 24.2 Å². The van der Waals surface area contributed by atoms with Crippen LogP contribution < -0.4 is 5.32 Å². The van der Waals surface area contributed by atoms with Gasteiger partial charge in [0.25, 0.3) is 5.91 Å². The normalized spacial score (nSPS) is 16.3. The van der Waals surface area contributed by atoms with Crippen molar-refractivity contribution in [1.82, 2.24) is 19.8 Å². The number of imidazole rings is 1. The zero-order valence-corrected chi connectivity index (χ0v) is 18.0. The van der Waals surface area contributed by atoms with Crippen molar-refractivity contribution in [1.29, 1.82) is 0 Å². The van der Waals surface area contributed by atoms with Crippen molar-refractivity contribution in [3.63, 3.8) is 0 Å². The zero-order valence-electron chi connectivity index (χ0n) is 16.3. The van der Waals surface area contributed by atoms with E-state index in [-0.39, 0.29) is 24.4 Å². The number of thioether (sulfide) groups is 1. The maximum Gasteiger partial charge on any atom is 0.254 e. The maximum absolute atomic E-state index is 13.2. The van der Waals surface area contributed by atoms with Crippen molar-refractivity contribution >= 4 is 30.1 Å². The summed E-state index contributed by atoms with van der Waals surface area (Å²) in [5, 5.41) is 3.38. The number of aromatic nitrogens is 2. The highest BCUT2D eigenvalue weighted by atomic mass is 35.5. The Hall–Kier alpha value is -2.28. The lowest BCUT2D eigenvalue weighted by molar-refractivity contribution is 0.0621. The van der Waals surface area contributed by atoms with Gasteiger partial charge in [0.2, 0.25) is 0 Å². The second-order valence-corrected chi connectivity index (χ2v) is 7.96. The number of benzene rings is 2. The van der Waals surface area contributed by atoms with Gasteiger partial charge in [0.05, 0.1) is 0 Å². The van der Waals surface area contributed by atoms with Crippen LogP contribution in [0.2, 0.25) is 0 Å². The van der Waals surface area contributed by atoms with Crippen molar-refractivity contribution in [3.8, 4) is 0 Å². The Morgan fingerprint density at radius 3 is 2.62 bits per heavy atom. The molecule has 1 N–H and O–H groups in total. The number of hydrogen-bond donors (Lipinski definition) is 1. The molecule has 2 aromatic carbocycles. The van der Waals surface area contributed by atoms with E-state index in [1.807, 2.05) is 53.0 Å². The van der Waals surface area contributed by atoms with E-state index in [9.17, 15) is 4.79 Å². The summed E-state index contributed by atoms with van der Waals surface area (Å²) in [5.41, 5.74) is 2.02. The zero-order chi connectivity index (χ0) is 19.3. The summed E-state index contributed by atoms with van der Waals surface area (Å²) in [4.78, 5) is 20.7. The molecule has 1 fully saturated rings. The van der Waals surface area contributed by atoms with Gasteiger partial charge in [-0.3, -0.25) is 4.79 Å². The van der Waals surface area contributed by atoms with Crippen LogP contribution >= 0.6 is 24.2 Å². The Morgan fingerprint density at radius 2 is 1.93 bits per heavy atom. The molecule has 152 valence electrons. The second-order valence-electron chi connectivity index (χ2n) is 6.91. The Kier molecular flexibility index (Phi) is 7.36. The monoisotopic (exact) mass is 428 g/mol. The van der Waals surface area contributed by atoms with Gasteiger partial charge in [-0.2, -0.15) is 0 Å². The van der Waals surface area contributed by atoms with Crippen LogP contribution in [-0.4, -0.2) is 40.0 Å². The molecule has 5 nitrogen and oxygen atoms in total. The van der Waals surface area contributed by atoms with E-state index in [2.05, 4.69) is 34.6 Å². The molecule has 0 spiro atoms. The number of piperazine rings is 1. The topological polar surface area (TPSA) is 50.2 Å². The molecular formula is C22H25ClN4OS. The van der Waals surface area contributed by atoms with Crippen molar-refractivity contribution < 1.29 is 4.79 Å². The quantitative estimate of drug-likeness (QED) is 0.626. The summed E-state index contributed by atoms with van der Waals surface area (Å²) in [7, 11) is 1.97. The minimum absolute atomic E-state index is 0. The lowest BCUT2D eigenvalue weighted by atomic mass is 10.1. The van der Waals surface area contributed by atoms with Gasteiger partial charge in [0.15, 0.2) is 0 Å². The average Bonchev–Trinajstić information content (AvgIpc) is 3.18. The van der Waals surface area contributed by atoms with Gasteiger partial charge in [0, 0.05) is 55.3 Å². The fourth-order valence-corrected chi connectivity index (χ4v) is 4.33. The standard InChI is InChI=1S/C22H24N4OS.ClH/c1-25-13-12-24-21(25)20-15-23-11-14-26(20)22(27)18-7-9-19(10-8-18)28-16-17-5-3-2-4-6-17;/h2-10,12-13,20,23H,11,14-16H2,1H3;1H. The van der Waals surface area contributed by atoms with Crippen LogP contribution in [0.15, 0.2) is 71.9 Å². The highest BCUT2D eigenvalue weighted by Gasteiger charge is 2.30. The Morgan fingerprint density at radius 1 is 1.17 bits per heavy atom. The van der Waals surface area contributed by atoms with Crippen LogP contribution in [0.5, 0.6) is 0 Å². The number of carbonyl (C=O) groups excluding carboxylic acids is 1. The minimum atomic E-state index is -0.0478. The number of rotatable bonds is 5. The van der Waals surface area contributed by atoms with Crippen LogP contribution in [0, 0.1) is 0 Å². The molecule has 29 heavy (non-hydrogen) atoms. The van der Waals surface area contributed by atoms with Crippen molar-refractivity contribution in [2.45, 2.75) is 16.7 Å². The molecular weight excluding hydrogens is 404 g/mol. The molecule has 0 radical (unpaired) electrons. The Bertz CT molecular complexity index is 930. The van der Waals surface area contributed by atoms with Crippen LogP contribution in [0.1, 0.15) is 27.8 Å². The molecule has 1 aliphatic heterocycles. The first kappa shape index (κ1) is 21.4. The van der Waals surface area contributed by atoms with E-state index in [4.69, 9.17) is 0 Å². The first-order valence-corrected chi connectivity index (χ1v) is 10.5. The Balaban J connectivity index is 0.00000240. The number of nitrogens with zero attached hydrogens (tertiary/aromatic N) is 3. The molecule has 1 atom stereocenters. The lowest BCUT2D eigenvalue weighted by Gasteiger charge is -2.35. The van der Waals surface area contributed by atoms with Gasteiger partial charge in [0.1, 0.15) is 11.9 Å². The molecule has 1 aromatic heterocycles. The van der Waals surface area contributed by atoms with Gasteiger partial charge < -0.3 is 14.8 Å². The number of halogens is 1. The van der Waals surface area contributed by atoms with Gasteiger partial charge in [-0.1, -0.05) is 30.3 Å². The molecule has 0 saturated carbocycles. The van der Waals surface area contributed by atoms with Gasteiger partial charge in [-0.25, -0.2) is 4.98 Å². The predicted molar refractivity (Wildman–Crippen MR) is 120 cm³/mol. The summed E-state index contributed by atoms with van der Waals surface area (Å²) in [6.07, 6.45) is 3.71. The van der Waals surface area contributed by atoms with Crippen LogP contribution in [0.3, 0.4) is 0 Å². The van der Waals surface area contributed by atoms with Gasteiger partial charge in [-0.05, 0) is 29.8 Å². The van der Waals surface area contributed by atoms with Crippen LogP contribution in [0.4, 0.5) is 0 Å². The number of nitrogens with one attached hydrogen (secondary N) is 1. The number of carbonyl (C=O) groups is 1. The SMILES string of the molecule is Cl.Cn1ccnc1C1CNCCN1C(=O)c1ccc(SCc2ccccc2)cc1. The third kappa shape index (κ3) is 5.01. The highest BCUT2D eigenvalue weighted by Crippen LogP contribution is 2.26. The fraction of sp³-hybridized carbons (Fsp3) is 0.273. The van der Waals surface area contributed by atoms with Crippen LogP contribution in [-0.2, 0) is 12.8 Å². The summed E-state index contributed by atoms with van der Waals surface area (Å²) >= 11 is 1.78. The Labute approximate surface area is 181 Å². The maximum atomic E-state index is 13.2. The van der Waals surface area contributed by atoms with Crippen molar-refractivity contribution in [3.05, 3.63) is 83.9 Å². The molecule has 7 heteroatoms.